The van der Waals surface area contributed by atoms with Gasteiger partial charge in [-0.05, 0) is 64.0 Å². The van der Waals surface area contributed by atoms with Crippen LogP contribution in [-0.2, 0) is 12.0 Å². The Morgan fingerprint density at radius 3 is 2.58 bits per heavy atom. The maximum atomic E-state index is 5.16. The highest BCUT2D eigenvalue weighted by Crippen LogP contribution is 2.36. The van der Waals surface area contributed by atoms with Crippen LogP contribution in [0.5, 0.6) is 0 Å². The molecule has 6 nitrogen and oxygen atoms in total. The number of hydrogen-bond acceptors (Lipinski definition) is 5. The molecule has 0 radical (unpaired) electrons. The first-order chi connectivity index (χ1) is 17.1. The lowest BCUT2D eigenvalue weighted by atomic mass is 9.93. The van der Waals surface area contributed by atoms with Crippen molar-refractivity contribution in [3.63, 3.8) is 0 Å². The molecule has 0 spiro atoms. The lowest BCUT2D eigenvalue weighted by Gasteiger charge is -2.38. The van der Waals surface area contributed by atoms with Gasteiger partial charge in [-0.15, -0.1) is 0 Å². The van der Waals surface area contributed by atoms with E-state index in [0.717, 1.165) is 61.1 Å². The Morgan fingerprint density at radius 2 is 1.83 bits per heavy atom. The molecule has 3 aromatic rings. The molecule has 0 amide bonds. The number of fused-ring (bicyclic) bond motifs is 2. The van der Waals surface area contributed by atoms with Gasteiger partial charge < -0.3 is 14.7 Å². The van der Waals surface area contributed by atoms with Crippen LogP contribution in [0.3, 0.4) is 0 Å². The van der Waals surface area contributed by atoms with Crippen molar-refractivity contribution >= 4 is 23.0 Å². The Bertz CT molecular complexity index is 1270. The summed E-state index contributed by atoms with van der Waals surface area (Å²) in [6.07, 6.45) is 5.83. The summed E-state index contributed by atoms with van der Waals surface area (Å²) in [4.78, 5) is 12.2. The molecule has 36 heavy (non-hydrogen) atoms. The highest BCUT2D eigenvalue weighted by atomic mass is 15.4. The largest absolute Gasteiger partial charge is 0.364 e. The summed E-state index contributed by atoms with van der Waals surface area (Å²) in [7, 11) is 4.34. The van der Waals surface area contributed by atoms with Crippen LogP contribution < -0.4 is 9.80 Å². The number of nitrogens with zero attached hydrogens (tertiary/aromatic N) is 6. The molecule has 2 bridgehead atoms. The summed E-state index contributed by atoms with van der Waals surface area (Å²) in [5, 5.41) is 5.16. The fraction of sp³-hybridized carbons (Fsp3) is 0.533. The second-order valence-electron chi connectivity index (χ2n) is 11.6. The third kappa shape index (κ3) is 4.46. The predicted octanol–water partition coefficient (Wildman–Crippen LogP) is 5.88. The molecule has 0 aliphatic carbocycles. The summed E-state index contributed by atoms with van der Waals surface area (Å²) in [5.41, 5.74) is 6.52. The number of anilines is 2. The van der Waals surface area contributed by atoms with Gasteiger partial charge in [-0.25, -0.2) is 4.98 Å². The summed E-state index contributed by atoms with van der Waals surface area (Å²) < 4.78 is 2.05. The van der Waals surface area contributed by atoms with Crippen molar-refractivity contribution in [3.8, 4) is 0 Å². The second-order valence-corrected chi connectivity index (χ2v) is 11.6. The van der Waals surface area contributed by atoms with Crippen molar-refractivity contribution in [2.45, 2.75) is 65.3 Å². The van der Waals surface area contributed by atoms with E-state index < -0.39 is 0 Å². The first kappa shape index (κ1) is 24.7. The molecular weight excluding hydrogens is 444 g/mol. The maximum Gasteiger partial charge on any atom is 0.160 e. The van der Waals surface area contributed by atoms with Crippen LogP contribution in [0.1, 0.15) is 68.8 Å². The summed E-state index contributed by atoms with van der Waals surface area (Å²) in [6, 6.07) is 11.2. The smallest absolute Gasteiger partial charge is 0.160 e. The summed E-state index contributed by atoms with van der Waals surface area (Å²) in [6.45, 7) is 16.7. The van der Waals surface area contributed by atoms with Crippen molar-refractivity contribution in [1.29, 1.82) is 0 Å². The lowest BCUT2D eigenvalue weighted by Crippen LogP contribution is -2.37. The van der Waals surface area contributed by atoms with Gasteiger partial charge in [0, 0.05) is 57.1 Å². The van der Waals surface area contributed by atoms with E-state index in [1.807, 2.05) is 0 Å². The van der Waals surface area contributed by atoms with Crippen LogP contribution in [0, 0.1) is 12.8 Å². The fourth-order valence-electron chi connectivity index (χ4n) is 5.64. The van der Waals surface area contributed by atoms with Gasteiger partial charge in [0.15, 0.2) is 5.65 Å². The quantitative estimate of drug-likeness (QED) is 0.429. The first-order valence-electron chi connectivity index (χ1n) is 13.5. The van der Waals surface area contributed by atoms with Gasteiger partial charge in [0.05, 0.1) is 11.2 Å². The minimum Gasteiger partial charge on any atom is -0.364 e. The Kier molecular flexibility index (Phi) is 6.48. The molecule has 2 aromatic heterocycles. The zero-order valence-corrected chi connectivity index (χ0v) is 23.0. The number of rotatable bonds is 1. The zero-order chi connectivity index (χ0) is 25.6. The van der Waals surface area contributed by atoms with Crippen LogP contribution in [0.2, 0.25) is 0 Å². The third-order valence-electron chi connectivity index (χ3n) is 8.42. The van der Waals surface area contributed by atoms with Crippen LogP contribution in [0.4, 0.5) is 11.6 Å². The molecule has 1 aromatic carbocycles. The SMILES string of the molecule is C=C1c2cc(C)ccc2CCCCCN(C)c2cc(N3CC[C@H](C)C3)nc3cc(nn23)C(C)(C)N1C. The van der Waals surface area contributed by atoms with E-state index in [9.17, 15) is 0 Å². The van der Waals surface area contributed by atoms with Gasteiger partial charge in [0.2, 0.25) is 0 Å². The molecule has 0 N–H and O–H groups in total. The molecule has 0 unspecified atom stereocenters. The average Bonchev–Trinajstić information content (AvgIpc) is 3.49. The fourth-order valence-corrected chi connectivity index (χ4v) is 5.64. The molecule has 2 aliphatic heterocycles. The molecule has 2 aliphatic rings. The topological polar surface area (TPSA) is 39.9 Å². The van der Waals surface area contributed by atoms with Crippen LogP contribution in [0.25, 0.3) is 11.3 Å². The standard InChI is InChI=1S/C30H42N6/c1-21-12-13-24-11-9-8-10-15-33(6)29-19-27(35-16-14-22(2)20-35)31-28-18-26(32-36(28)29)30(4,5)34(7)23(3)25(24)17-21/h12-13,17-19,22H,3,8-11,14-16,20H2,1-2,4-7H3/t22-/m0/s1. The second kappa shape index (κ2) is 9.45. The predicted molar refractivity (Wildman–Crippen MR) is 151 cm³/mol. The molecule has 192 valence electrons. The van der Waals surface area contributed by atoms with E-state index in [0.29, 0.717) is 5.92 Å². The molecule has 1 atom stereocenters. The van der Waals surface area contributed by atoms with Crippen LogP contribution in [0.15, 0.2) is 36.9 Å². The molecule has 0 saturated carbocycles. The van der Waals surface area contributed by atoms with E-state index in [-0.39, 0.29) is 5.54 Å². The van der Waals surface area contributed by atoms with Gasteiger partial charge in [-0.2, -0.15) is 9.61 Å². The van der Waals surface area contributed by atoms with E-state index in [1.165, 1.54) is 36.0 Å². The van der Waals surface area contributed by atoms with Gasteiger partial charge in [0.25, 0.3) is 0 Å². The van der Waals surface area contributed by atoms with Crippen LogP contribution >= 0.6 is 0 Å². The van der Waals surface area contributed by atoms with Gasteiger partial charge >= 0.3 is 0 Å². The van der Waals surface area contributed by atoms with Gasteiger partial charge in [0.1, 0.15) is 11.6 Å². The monoisotopic (exact) mass is 486 g/mol. The highest BCUT2D eigenvalue weighted by molar-refractivity contribution is 5.67. The maximum absolute atomic E-state index is 5.16. The number of aryl methyl sites for hydroxylation is 2. The zero-order valence-electron chi connectivity index (χ0n) is 23.0. The van der Waals surface area contributed by atoms with Crippen molar-refractivity contribution in [2.24, 2.45) is 5.92 Å². The van der Waals surface area contributed by atoms with Crippen molar-refractivity contribution < 1.29 is 0 Å². The molecular formula is C30H42N6. The Morgan fingerprint density at radius 1 is 1.03 bits per heavy atom. The normalized spacial score (nSPS) is 21.1. The highest BCUT2D eigenvalue weighted by Gasteiger charge is 2.32. The van der Waals surface area contributed by atoms with E-state index in [1.54, 1.807) is 0 Å². The lowest BCUT2D eigenvalue weighted by molar-refractivity contribution is 0.236. The number of aromatic nitrogens is 3. The third-order valence-corrected chi connectivity index (χ3v) is 8.42. The number of benzene rings is 1. The molecule has 6 heteroatoms. The molecule has 1 saturated heterocycles. The minimum absolute atomic E-state index is 0.357. The van der Waals surface area contributed by atoms with Crippen molar-refractivity contribution in [2.75, 3.05) is 43.5 Å². The molecule has 4 heterocycles. The summed E-state index contributed by atoms with van der Waals surface area (Å²) in [5.74, 6) is 2.90. The Hall–Kier alpha value is -3.02. The average molecular weight is 487 g/mol. The van der Waals surface area contributed by atoms with Gasteiger partial charge in [-0.3, -0.25) is 0 Å². The van der Waals surface area contributed by atoms with E-state index >= 15 is 0 Å². The first-order valence-corrected chi connectivity index (χ1v) is 13.5. The minimum atomic E-state index is -0.357. The van der Waals surface area contributed by atoms with Gasteiger partial charge in [-0.1, -0.05) is 37.6 Å². The number of hydrogen-bond donors (Lipinski definition) is 0. The van der Waals surface area contributed by atoms with Crippen LogP contribution in [-0.4, -0.2) is 53.2 Å². The van der Waals surface area contributed by atoms with E-state index in [4.69, 9.17) is 10.1 Å². The molecule has 1 fully saturated rings. The van der Waals surface area contributed by atoms with E-state index in [2.05, 4.69) is 97.9 Å². The summed E-state index contributed by atoms with van der Waals surface area (Å²) >= 11 is 0. The van der Waals surface area contributed by atoms with Crippen molar-refractivity contribution in [1.82, 2.24) is 19.5 Å². The van der Waals surface area contributed by atoms with Crippen molar-refractivity contribution in [3.05, 3.63) is 59.3 Å². The Labute approximate surface area is 216 Å². The Balaban J connectivity index is 1.62. The molecule has 5 rings (SSSR count).